The molecule has 0 aliphatic rings. The fraction of sp³-hybridized carbons (Fsp3) is 0.538. The lowest BCUT2D eigenvalue weighted by Gasteiger charge is -2.11. The molecule has 0 saturated carbocycles. The number of rotatable bonds is 8. The van der Waals surface area contributed by atoms with Gasteiger partial charge in [0, 0.05) is 0 Å². The van der Waals surface area contributed by atoms with Crippen molar-refractivity contribution >= 4 is 29.4 Å². The van der Waals surface area contributed by atoms with Gasteiger partial charge in [0.05, 0.1) is 23.9 Å². The van der Waals surface area contributed by atoms with E-state index in [2.05, 4.69) is 4.98 Å². The van der Waals surface area contributed by atoms with E-state index in [4.69, 9.17) is 9.47 Å². The Bertz CT molecular complexity index is 702. The maximum absolute atomic E-state index is 12.3. The number of esters is 2. The predicted molar refractivity (Wildman–Crippen MR) is 83.9 cm³/mol. The van der Waals surface area contributed by atoms with Gasteiger partial charge in [0.15, 0.2) is 5.16 Å². The number of aryl methyl sites for hydroxylation is 1. The standard InChI is InChI=1S/C13H17N3O7S/c1-4-22-9(17)6-15-12(19)11(16(20)21)8(3)14-13(15)24-7-10(18)23-5-2/h4-7H2,1-3H3. The Labute approximate surface area is 141 Å². The molecule has 1 aromatic heterocycles. The molecule has 0 spiro atoms. The van der Waals surface area contributed by atoms with Crippen LogP contribution in [0, 0.1) is 17.0 Å². The number of hydrogen-bond acceptors (Lipinski definition) is 9. The summed E-state index contributed by atoms with van der Waals surface area (Å²) < 4.78 is 10.4. The summed E-state index contributed by atoms with van der Waals surface area (Å²) in [5.41, 5.74) is -1.80. The van der Waals surface area contributed by atoms with Gasteiger partial charge in [0.1, 0.15) is 12.2 Å². The first-order valence-corrected chi connectivity index (χ1v) is 8.00. The third-order valence-corrected chi connectivity index (χ3v) is 3.63. The second-order valence-corrected chi connectivity index (χ2v) is 5.32. The van der Waals surface area contributed by atoms with Gasteiger partial charge < -0.3 is 9.47 Å². The van der Waals surface area contributed by atoms with Crippen molar-refractivity contribution in [2.24, 2.45) is 0 Å². The number of carbonyl (C=O) groups is 2. The molecule has 0 saturated heterocycles. The van der Waals surface area contributed by atoms with E-state index in [0.29, 0.717) is 0 Å². The highest BCUT2D eigenvalue weighted by atomic mass is 32.2. The molecule has 11 heteroatoms. The first-order chi connectivity index (χ1) is 11.3. The Hall–Kier alpha value is -2.43. The Morgan fingerprint density at radius 2 is 1.83 bits per heavy atom. The molecule has 0 aromatic carbocycles. The Morgan fingerprint density at radius 3 is 2.38 bits per heavy atom. The van der Waals surface area contributed by atoms with Crippen molar-refractivity contribution < 1.29 is 24.0 Å². The first kappa shape index (κ1) is 19.6. The summed E-state index contributed by atoms with van der Waals surface area (Å²) in [7, 11) is 0. The number of thioether (sulfide) groups is 1. The minimum Gasteiger partial charge on any atom is -0.465 e. The predicted octanol–water partition coefficient (Wildman–Crippen LogP) is 0.678. The molecule has 0 atom stereocenters. The van der Waals surface area contributed by atoms with E-state index in [1.165, 1.54) is 6.92 Å². The number of nitrogens with zero attached hydrogens (tertiary/aromatic N) is 3. The fourth-order valence-corrected chi connectivity index (χ4v) is 2.58. The van der Waals surface area contributed by atoms with E-state index in [0.717, 1.165) is 16.3 Å². The number of hydrogen-bond donors (Lipinski definition) is 0. The summed E-state index contributed by atoms with van der Waals surface area (Å²) >= 11 is 0.851. The second-order valence-electron chi connectivity index (χ2n) is 4.38. The van der Waals surface area contributed by atoms with Crippen LogP contribution in [0.15, 0.2) is 9.95 Å². The first-order valence-electron chi connectivity index (χ1n) is 7.01. The quantitative estimate of drug-likeness (QED) is 0.216. The Morgan fingerprint density at radius 1 is 1.25 bits per heavy atom. The normalized spacial score (nSPS) is 10.3. The molecule has 0 fully saturated rings. The molecule has 0 amide bonds. The van der Waals surface area contributed by atoms with E-state index < -0.39 is 34.7 Å². The van der Waals surface area contributed by atoms with Crippen molar-refractivity contribution in [1.29, 1.82) is 0 Å². The maximum Gasteiger partial charge on any atom is 0.355 e. The molecule has 0 aliphatic heterocycles. The smallest absolute Gasteiger partial charge is 0.355 e. The lowest BCUT2D eigenvalue weighted by Crippen LogP contribution is -2.30. The molecule has 0 aliphatic carbocycles. The highest BCUT2D eigenvalue weighted by Gasteiger charge is 2.25. The van der Waals surface area contributed by atoms with Crippen molar-refractivity contribution in [3.05, 3.63) is 26.2 Å². The van der Waals surface area contributed by atoms with Gasteiger partial charge in [-0.3, -0.25) is 29.1 Å². The lowest BCUT2D eigenvalue weighted by molar-refractivity contribution is -0.387. The van der Waals surface area contributed by atoms with Crippen LogP contribution in [0.25, 0.3) is 0 Å². The maximum atomic E-state index is 12.3. The molecular weight excluding hydrogens is 342 g/mol. The van der Waals surface area contributed by atoms with Crippen LogP contribution < -0.4 is 5.56 Å². The van der Waals surface area contributed by atoms with Crippen LogP contribution in [0.4, 0.5) is 5.69 Å². The molecule has 1 heterocycles. The Kier molecular flexibility index (Phi) is 7.36. The Balaban J connectivity index is 3.24. The number of carbonyl (C=O) groups excluding carboxylic acids is 2. The molecule has 1 rings (SSSR count). The topological polar surface area (TPSA) is 131 Å². The van der Waals surface area contributed by atoms with Crippen LogP contribution in [0.1, 0.15) is 19.5 Å². The van der Waals surface area contributed by atoms with E-state index in [9.17, 15) is 24.5 Å². The van der Waals surface area contributed by atoms with Crippen LogP contribution >= 0.6 is 11.8 Å². The SMILES string of the molecule is CCOC(=O)CSc1nc(C)c([N+](=O)[O-])c(=O)n1CC(=O)OCC. The minimum atomic E-state index is -0.980. The van der Waals surface area contributed by atoms with Crippen molar-refractivity contribution in [2.45, 2.75) is 32.5 Å². The van der Waals surface area contributed by atoms with E-state index in [-0.39, 0.29) is 29.8 Å². The third kappa shape index (κ3) is 5.05. The van der Waals surface area contributed by atoms with Crippen molar-refractivity contribution in [3.63, 3.8) is 0 Å². The third-order valence-electron chi connectivity index (χ3n) is 2.68. The molecule has 0 unspecified atom stereocenters. The van der Waals surface area contributed by atoms with Gasteiger partial charge in [0.2, 0.25) is 0 Å². The van der Waals surface area contributed by atoms with Crippen LogP contribution in [0.5, 0.6) is 0 Å². The molecule has 0 radical (unpaired) electrons. The average Bonchev–Trinajstić information content (AvgIpc) is 2.48. The monoisotopic (exact) mass is 359 g/mol. The van der Waals surface area contributed by atoms with Crippen LogP contribution in [-0.2, 0) is 25.6 Å². The van der Waals surface area contributed by atoms with Gasteiger partial charge in [-0.1, -0.05) is 11.8 Å². The summed E-state index contributed by atoms with van der Waals surface area (Å²) in [6.45, 7) is 4.30. The van der Waals surface area contributed by atoms with Crippen molar-refractivity contribution in [1.82, 2.24) is 9.55 Å². The zero-order valence-corrected chi connectivity index (χ0v) is 14.3. The van der Waals surface area contributed by atoms with Crippen molar-refractivity contribution in [3.8, 4) is 0 Å². The average molecular weight is 359 g/mol. The molecule has 24 heavy (non-hydrogen) atoms. The van der Waals surface area contributed by atoms with Crippen LogP contribution in [0.3, 0.4) is 0 Å². The zero-order valence-electron chi connectivity index (χ0n) is 13.4. The molecule has 1 aromatic rings. The highest BCUT2D eigenvalue weighted by molar-refractivity contribution is 7.99. The molecule has 10 nitrogen and oxygen atoms in total. The summed E-state index contributed by atoms with van der Waals surface area (Å²) in [5.74, 6) is -1.42. The van der Waals surface area contributed by atoms with E-state index in [1.54, 1.807) is 13.8 Å². The number of nitro groups is 1. The van der Waals surface area contributed by atoms with Gasteiger partial charge in [-0.2, -0.15) is 0 Å². The van der Waals surface area contributed by atoms with Gasteiger partial charge >= 0.3 is 23.2 Å². The van der Waals surface area contributed by atoms with Crippen molar-refractivity contribution in [2.75, 3.05) is 19.0 Å². The van der Waals surface area contributed by atoms with Crippen LogP contribution in [0.2, 0.25) is 0 Å². The summed E-state index contributed by atoms with van der Waals surface area (Å²) in [5, 5.41) is 11.0. The van der Waals surface area contributed by atoms with E-state index >= 15 is 0 Å². The number of aromatic nitrogens is 2. The molecule has 0 N–H and O–H groups in total. The van der Waals surface area contributed by atoms with E-state index in [1.807, 2.05) is 0 Å². The van der Waals surface area contributed by atoms with Gasteiger partial charge in [0.25, 0.3) is 0 Å². The number of ether oxygens (including phenoxy) is 2. The second kappa shape index (κ2) is 9.01. The van der Waals surface area contributed by atoms with Gasteiger partial charge in [-0.05, 0) is 20.8 Å². The fourth-order valence-electron chi connectivity index (χ4n) is 1.75. The summed E-state index contributed by atoms with van der Waals surface area (Å²) in [6.07, 6.45) is 0. The molecule has 0 bridgehead atoms. The van der Waals surface area contributed by atoms with Crippen LogP contribution in [-0.4, -0.2) is 45.4 Å². The summed E-state index contributed by atoms with van der Waals surface area (Å²) in [4.78, 5) is 49.5. The summed E-state index contributed by atoms with van der Waals surface area (Å²) in [6, 6.07) is 0. The highest BCUT2D eigenvalue weighted by Crippen LogP contribution is 2.19. The molecule has 132 valence electrons. The largest absolute Gasteiger partial charge is 0.465 e. The molecular formula is C13H17N3O7S. The van der Waals surface area contributed by atoms with Gasteiger partial charge in [-0.25, -0.2) is 4.98 Å². The lowest BCUT2D eigenvalue weighted by atomic mass is 10.4. The zero-order chi connectivity index (χ0) is 18.3. The minimum absolute atomic E-state index is 0.00389. The van der Waals surface area contributed by atoms with Gasteiger partial charge in [-0.15, -0.1) is 0 Å².